The van der Waals surface area contributed by atoms with Crippen molar-refractivity contribution in [2.45, 2.75) is 39.5 Å². The molecule has 102 valence electrons. The molecule has 0 saturated carbocycles. The van der Waals surface area contributed by atoms with Crippen molar-refractivity contribution in [2.24, 2.45) is 0 Å². The van der Waals surface area contributed by atoms with E-state index in [-0.39, 0.29) is 5.41 Å². The van der Waals surface area contributed by atoms with Crippen LogP contribution in [0.25, 0.3) is 0 Å². The first kappa shape index (κ1) is 15.1. The Morgan fingerprint density at radius 2 is 1.94 bits per heavy atom. The van der Waals surface area contributed by atoms with Crippen molar-refractivity contribution in [1.29, 1.82) is 0 Å². The van der Waals surface area contributed by atoms with E-state index in [2.05, 4.69) is 42.3 Å². The quantitative estimate of drug-likeness (QED) is 0.804. The minimum Gasteiger partial charge on any atom is -0.383 e. The third-order valence-corrected chi connectivity index (χ3v) is 3.37. The Balaban J connectivity index is 2.86. The maximum atomic E-state index is 5.95. The van der Waals surface area contributed by atoms with Gasteiger partial charge in [-0.2, -0.15) is 11.8 Å². The molecule has 1 aromatic rings. The zero-order valence-electron chi connectivity index (χ0n) is 12.0. The lowest BCUT2D eigenvalue weighted by Gasteiger charge is -2.19. The van der Waals surface area contributed by atoms with E-state index in [4.69, 9.17) is 5.73 Å². The molecule has 4 nitrogen and oxygen atoms in total. The van der Waals surface area contributed by atoms with Crippen molar-refractivity contribution < 1.29 is 0 Å². The molecule has 0 amide bonds. The van der Waals surface area contributed by atoms with Gasteiger partial charge in [-0.1, -0.05) is 20.8 Å². The van der Waals surface area contributed by atoms with Crippen LogP contribution >= 0.6 is 11.8 Å². The van der Waals surface area contributed by atoms with Crippen molar-refractivity contribution in [3.05, 3.63) is 11.4 Å². The predicted octanol–water partition coefficient (Wildman–Crippen LogP) is 2.83. The highest BCUT2D eigenvalue weighted by molar-refractivity contribution is 7.98. The van der Waals surface area contributed by atoms with Crippen LogP contribution in [0.1, 0.15) is 38.6 Å². The number of hydrogen-bond acceptors (Lipinski definition) is 5. The molecule has 0 unspecified atom stereocenters. The van der Waals surface area contributed by atoms with Gasteiger partial charge >= 0.3 is 0 Å². The molecule has 0 radical (unpaired) electrons. The van der Waals surface area contributed by atoms with E-state index in [1.165, 1.54) is 0 Å². The fraction of sp³-hybridized carbons (Fsp3) is 0.692. The summed E-state index contributed by atoms with van der Waals surface area (Å²) < 4.78 is 0. The molecule has 0 fully saturated rings. The van der Waals surface area contributed by atoms with E-state index in [1.807, 2.05) is 18.7 Å². The van der Waals surface area contributed by atoms with Crippen molar-refractivity contribution in [1.82, 2.24) is 9.97 Å². The summed E-state index contributed by atoms with van der Waals surface area (Å²) in [5, 5.41) is 3.36. The fourth-order valence-corrected chi connectivity index (χ4v) is 1.90. The van der Waals surface area contributed by atoms with Crippen LogP contribution < -0.4 is 11.1 Å². The first-order valence-electron chi connectivity index (χ1n) is 6.23. The lowest BCUT2D eigenvalue weighted by Crippen LogP contribution is -2.19. The van der Waals surface area contributed by atoms with Crippen LogP contribution in [0.5, 0.6) is 0 Å². The van der Waals surface area contributed by atoms with E-state index >= 15 is 0 Å². The Hall–Kier alpha value is -0.970. The van der Waals surface area contributed by atoms with Crippen LogP contribution in [0, 0.1) is 6.92 Å². The molecule has 0 spiro atoms. The third kappa shape index (κ3) is 4.05. The standard InChI is InChI=1S/C13H24N4S/c1-9-10(14)16-12(13(2,3)4)17-11(9)15-7-6-8-18-5/h6-8H2,1-5H3,(H3,14,15,16,17). The number of nitrogens with one attached hydrogen (secondary N) is 1. The summed E-state index contributed by atoms with van der Waals surface area (Å²) in [6.07, 6.45) is 3.24. The smallest absolute Gasteiger partial charge is 0.138 e. The number of aromatic nitrogens is 2. The van der Waals surface area contributed by atoms with Gasteiger partial charge in [-0.25, -0.2) is 9.97 Å². The van der Waals surface area contributed by atoms with Gasteiger partial charge in [0.25, 0.3) is 0 Å². The monoisotopic (exact) mass is 268 g/mol. The van der Waals surface area contributed by atoms with Crippen molar-refractivity contribution in [3.8, 4) is 0 Å². The highest BCUT2D eigenvalue weighted by atomic mass is 32.2. The molecule has 1 heterocycles. The molecule has 5 heteroatoms. The normalized spacial score (nSPS) is 11.6. The van der Waals surface area contributed by atoms with Gasteiger partial charge in [0.05, 0.1) is 0 Å². The summed E-state index contributed by atoms with van der Waals surface area (Å²) in [6, 6.07) is 0. The van der Waals surface area contributed by atoms with Gasteiger partial charge in [0.15, 0.2) is 0 Å². The Bertz CT molecular complexity index is 399. The zero-order chi connectivity index (χ0) is 13.8. The first-order chi connectivity index (χ1) is 8.36. The van der Waals surface area contributed by atoms with Crippen molar-refractivity contribution in [2.75, 3.05) is 29.6 Å². The molecule has 0 aliphatic rings. The van der Waals surface area contributed by atoms with Gasteiger partial charge in [-0.15, -0.1) is 0 Å². The lowest BCUT2D eigenvalue weighted by molar-refractivity contribution is 0.546. The molecule has 1 rings (SSSR count). The van der Waals surface area contributed by atoms with E-state index in [1.54, 1.807) is 0 Å². The Morgan fingerprint density at radius 3 is 2.50 bits per heavy atom. The maximum absolute atomic E-state index is 5.95. The Morgan fingerprint density at radius 1 is 1.28 bits per heavy atom. The summed E-state index contributed by atoms with van der Waals surface area (Å²) in [4.78, 5) is 8.96. The molecular weight excluding hydrogens is 244 g/mol. The largest absolute Gasteiger partial charge is 0.383 e. The number of nitrogens with zero attached hydrogens (tertiary/aromatic N) is 2. The second kappa shape index (κ2) is 6.27. The maximum Gasteiger partial charge on any atom is 0.138 e. The summed E-state index contributed by atoms with van der Waals surface area (Å²) in [5.41, 5.74) is 6.80. The van der Waals surface area contributed by atoms with Gasteiger partial charge < -0.3 is 11.1 Å². The Kier molecular flexibility index (Phi) is 5.26. The minimum absolute atomic E-state index is 0.0858. The summed E-state index contributed by atoms with van der Waals surface area (Å²) in [6.45, 7) is 9.15. The number of nitrogens with two attached hydrogens (primary N) is 1. The summed E-state index contributed by atoms with van der Waals surface area (Å²) >= 11 is 1.85. The highest BCUT2D eigenvalue weighted by Gasteiger charge is 2.20. The van der Waals surface area contributed by atoms with Gasteiger partial charge in [0, 0.05) is 17.5 Å². The molecule has 3 N–H and O–H groups in total. The number of nitrogen functional groups attached to an aromatic ring is 1. The van der Waals surface area contributed by atoms with Gasteiger partial charge in [-0.05, 0) is 25.4 Å². The average molecular weight is 268 g/mol. The summed E-state index contributed by atoms with van der Waals surface area (Å²) in [7, 11) is 0. The Labute approximate surface area is 114 Å². The topological polar surface area (TPSA) is 63.8 Å². The van der Waals surface area contributed by atoms with Gasteiger partial charge in [0.1, 0.15) is 17.5 Å². The van der Waals surface area contributed by atoms with Crippen LogP contribution in [0.2, 0.25) is 0 Å². The minimum atomic E-state index is -0.0858. The van der Waals surface area contributed by atoms with E-state index in [0.717, 1.165) is 35.9 Å². The molecule has 1 aromatic heterocycles. The van der Waals surface area contributed by atoms with Crippen molar-refractivity contribution in [3.63, 3.8) is 0 Å². The number of hydrogen-bond donors (Lipinski definition) is 2. The molecule has 0 bridgehead atoms. The SMILES string of the molecule is CSCCCNc1nc(C(C)(C)C)nc(N)c1C. The average Bonchev–Trinajstić information content (AvgIpc) is 2.28. The molecule has 0 saturated heterocycles. The molecule has 0 aliphatic heterocycles. The van der Waals surface area contributed by atoms with Crippen LogP contribution in [0.3, 0.4) is 0 Å². The van der Waals surface area contributed by atoms with E-state index in [9.17, 15) is 0 Å². The van der Waals surface area contributed by atoms with Crippen LogP contribution in [-0.4, -0.2) is 28.5 Å². The molecule has 0 aromatic carbocycles. The number of anilines is 2. The molecule has 0 atom stereocenters. The third-order valence-electron chi connectivity index (χ3n) is 2.67. The number of rotatable bonds is 5. The molecular formula is C13H24N4S. The lowest BCUT2D eigenvalue weighted by atomic mass is 9.95. The number of thioether (sulfide) groups is 1. The molecule has 18 heavy (non-hydrogen) atoms. The van der Waals surface area contributed by atoms with Gasteiger partial charge in [0.2, 0.25) is 0 Å². The highest BCUT2D eigenvalue weighted by Crippen LogP contribution is 2.24. The second-order valence-corrected chi connectivity index (χ2v) is 6.41. The second-order valence-electron chi connectivity index (χ2n) is 5.43. The van der Waals surface area contributed by atoms with Crippen molar-refractivity contribution >= 4 is 23.4 Å². The predicted molar refractivity (Wildman–Crippen MR) is 81.4 cm³/mol. The van der Waals surface area contributed by atoms with E-state index in [0.29, 0.717) is 5.82 Å². The van der Waals surface area contributed by atoms with Crippen LogP contribution in [0.4, 0.5) is 11.6 Å². The fourth-order valence-electron chi connectivity index (χ4n) is 1.46. The summed E-state index contributed by atoms with van der Waals surface area (Å²) in [5.74, 6) is 3.38. The van der Waals surface area contributed by atoms with Gasteiger partial charge in [-0.3, -0.25) is 0 Å². The zero-order valence-corrected chi connectivity index (χ0v) is 12.8. The first-order valence-corrected chi connectivity index (χ1v) is 7.63. The van der Waals surface area contributed by atoms with Crippen LogP contribution in [0.15, 0.2) is 0 Å². The molecule has 0 aliphatic carbocycles. The van der Waals surface area contributed by atoms with E-state index < -0.39 is 0 Å². The van der Waals surface area contributed by atoms with Crippen LogP contribution in [-0.2, 0) is 5.41 Å².